The summed E-state index contributed by atoms with van der Waals surface area (Å²) >= 11 is 0. The largest absolute Gasteiger partial charge is 0.356 e. The first-order chi connectivity index (χ1) is 14.5. The molecule has 1 fully saturated rings. The Kier molecular flexibility index (Phi) is 7.19. The predicted molar refractivity (Wildman–Crippen MR) is 112 cm³/mol. The molecule has 0 aliphatic carbocycles. The van der Waals surface area contributed by atoms with Gasteiger partial charge in [-0.2, -0.15) is 16.8 Å². The third-order valence-electron chi connectivity index (χ3n) is 4.99. The van der Waals surface area contributed by atoms with E-state index in [1.165, 1.54) is 31.4 Å². The number of aryl methyl sites for hydroxylation is 2. The summed E-state index contributed by atoms with van der Waals surface area (Å²) in [5.41, 5.74) is 1.78. The Morgan fingerprint density at radius 1 is 0.806 bits per heavy atom. The van der Waals surface area contributed by atoms with Crippen molar-refractivity contribution in [2.45, 2.75) is 61.6 Å². The maximum absolute atomic E-state index is 12.8. The molecule has 1 aliphatic rings. The van der Waals surface area contributed by atoms with Crippen molar-refractivity contribution in [2.75, 3.05) is 7.11 Å². The highest BCUT2D eigenvalue weighted by molar-refractivity contribution is 7.87. The Bertz CT molecular complexity index is 1090. The van der Waals surface area contributed by atoms with Gasteiger partial charge in [0.15, 0.2) is 6.29 Å². The zero-order valence-electron chi connectivity index (χ0n) is 17.7. The maximum Gasteiger partial charge on any atom is 0.297 e. The van der Waals surface area contributed by atoms with Crippen LogP contribution in [0.2, 0.25) is 0 Å². The van der Waals surface area contributed by atoms with Crippen LogP contribution in [0.3, 0.4) is 0 Å². The summed E-state index contributed by atoms with van der Waals surface area (Å²) in [6.45, 7) is 5.24. The van der Waals surface area contributed by atoms with E-state index in [9.17, 15) is 16.8 Å². The Balaban J connectivity index is 1.89. The van der Waals surface area contributed by atoms with Crippen molar-refractivity contribution >= 4 is 20.2 Å². The van der Waals surface area contributed by atoms with E-state index in [0.717, 1.165) is 11.1 Å². The molecule has 0 unspecified atom stereocenters. The molecule has 10 heteroatoms. The smallest absolute Gasteiger partial charge is 0.297 e. The van der Waals surface area contributed by atoms with Crippen molar-refractivity contribution in [3.8, 4) is 0 Å². The fraction of sp³-hybridized carbons (Fsp3) is 0.429. The lowest BCUT2D eigenvalue weighted by molar-refractivity contribution is -0.226. The van der Waals surface area contributed by atoms with Crippen LogP contribution in [0.25, 0.3) is 0 Å². The van der Waals surface area contributed by atoms with Gasteiger partial charge in [0.1, 0.15) is 12.2 Å². The standard InChI is InChI=1S/C21H26O8S2/c1-14-5-9-17(10-6-14)30(22,23)28-19-13-20(26-4)27-16(3)21(19)29-31(24,25)18-11-7-15(2)8-12-18/h5-12,16,19-21H,13H2,1-4H3/t16-,19+,20-,21+/m1/s1. The van der Waals surface area contributed by atoms with E-state index in [2.05, 4.69) is 0 Å². The molecular formula is C21H26O8S2. The Morgan fingerprint density at radius 2 is 1.26 bits per heavy atom. The van der Waals surface area contributed by atoms with Crippen LogP contribution in [0.1, 0.15) is 24.5 Å². The monoisotopic (exact) mass is 470 g/mol. The minimum absolute atomic E-state index is 0.0278. The molecule has 31 heavy (non-hydrogen) atoms. The van der Waals surface area contributed by atoms with Crippen LogP contribution in [0.4, 0.5) is 0 Å². The molecular weight excluding hydrogens is 444 g/mol. The van der Waals surface area contributed by atoms with Gasteiger partial charge in [-0.25, -0.2) is 0 Å². The number of hydrogen-bond donors (Lipinski definition) is 0. The number of methoxy groups -OCH3 is 1. The highest BCUT2D eigenvalue weighted by Gasteiger charge is 2.43. The van der Waals surface area contributed by atoms with Crippen LogP contribution in [-0.4, -0.2) is 48.5 Å². The summed E-state index contributed by atoms with van der Waals surface area (Å²) in [6.07, 6.45) is -3.94. The average molecular weight is 471 g/mol. The minimum atomic E-state index is -4.19. The van der Waals surface area contributed by atoms with Crippen LogP contribution in [-0.2, 0) is 38.1 Å². The normalized spacial score (nSPS) is 24.8. The summed E-state index contributed by atoms with van der Waals surface area (Å²) in [4.78, 5) is -0.0781. The molecule has 0 amide bonds. The molecule has 2 aromatic carbocycles. The summed E-state index contributed by atoms with van der Waals surface area (Å²) in [7, 11) is -6.95. The lowest BCUT2D eigenvalue weighted by Gasteiger charge is -2.38. The van der Waals surface area contributed by atoms with Gasteiger partial charge < -0.3 is 9.47 Å². The van der Waals surface area contributed by atoms with E-state index >= 15 is 0 Å². The van der Waals surface area contributed by atoms with Crippen molar-refractivity contribution in [3.05, 3.63) is 59.7 Å². The molecule has 3 rings (SSSR count). The molecule has 1 saturated heterocycles. The van der Waals surface area contributed by atoms with E-state index in [4.69, 9.17) is 17.8 Å². The first kappa shape index (κ1) is 23.8. The van der Waals surface area contributed by atoms with Gasteiger partial charge in [-0.3, -0.25) is 8.37 Å². The molecule has 1 heterocycles. The van der Waals surface area contributed by atoms with Gasteiger partial charge in [-0.05, 0) is 45.0 Å². The molecule has 0 N–H and O–H groups in total. The van der Waals surface area contributed by atoms with E-state index in [1.807, 2.05) is 13.8 Å². The van der Waals surface area contributed by atoms with Crippen molar-refractivity contribution in [1.29, 1.82) is 0 Å². The first-order valence-corrected chi connectivity index (χ1v) is 12.5. The van der Waals surface area contributed by atoms with Crippen molar-refractivity contribution in [3.63, 3.8) is 0 Å². The third-order valence-corrected chi connectivity index (χ3v) is 7.67. The molecule has 170 valence electrons. The molecule has 4 atom stereocenters. The lowest BCUT2D eigenvalue weighted by atomic mass is 10.0. The third kappa shape index (κ3) is 5.71. The van der Waals surface area contributed by atoms with Crippen LogP contribution in [0, 0.1) is 13.8 Å². The maximum atomic E-state index is 12.8. The minimum Gasteiger partial charge on any atom is -0.356 e. The second kappa shape index (κ2) is 9.35. The SMILES string of the molecule is CO[C@H]1C[C@H](OS(=O)(=O)c2ccc(C)cc2)[C@@H](OS(=O)(=O)c2ccc(C)cc2)[C@@H](C)O1. The fourth-order valence-corrected chi connectivity index (χ4v) is 5.46. The highest BCUT2D eigenvalue weighted by Crippen LogP contribution is 2.31. The summed E-state index contributed by atoms with van der Waals surface area (Å²) in [6, 6.07) is 12.3. The molecule has 0 aromatic heterocycles. The number of rotatable bonds is 7. The zero-order valence-corrected chi connectivity index (χ0v) is 19.4. The quantitative estimate of drug-likeness (QED) is 0.569. The number of hydrogen-bond acceptors (Lipinski definition) is 8. The van der Waals surface area contributed by atoms with E-state index in [0.29, 0.717) is 0 Å². The van der Waals surface area contributed by atoms with Crippen LogP contribution < -0.4 is 0 Å². The van der Waals surface area contributed by atoms with E-state index in [1.54, 1.807) is 31.2 Å². The summed E-state index contributed by atoms with van der Waals surface area (Å²) < 4.78 is 73.0. The Morgan fingerprint density at radius 3 is 1.71 bits per heavy atom. The second-order valence-electron chi connectivity index (χ2n) is 7.47. The fourth-order valence-electron chi connectivity index (χ4n) is 3.21. The van der Waals surface area contributed by atoms with Crippen molar-refractivity contribution in [2.24, 2.45) is 0 Å². The van der Waals surface area contributed by atoms with Crippen LogP contribution in [0.5, 0.6) is 0 Å². The second-order valence-corrected chi connectivity index (χ2v) is 10.6. The predicted octanol–water partition coefficient (Wildman–Crippen LogP) is 2.93. The summed E-state index contributed by atoms with van der Waals surface area (Å²) in [5.74, 6) is 0. The van der Waals surface area contributed by atoms with Gasteiger partial charge in [0.25, 0.3) is 20.2 Å². The molecule has 8 nitrogen and oxygen atoms in total. The number of ether oxygens (including phenoxy) is 2. The molecule has 2 aromatic rings. The Labute approximate surface area is 183 Å². The van der Waals surface area contributed by atoms with Crippen LogP contribution >= 0.6 is 0 Å². The van der Waals surface area contributed by atoms with Crippen LogP contribution in [0.15, 0.2) is 58.3 Å². The van der Waals surface area contributed by atoms with Gasteiger partial charge in [-0.15, -0.1) is 0 Å². The highest BCUT2D eigenvalue weighted by atomic mass is 32.2. The van der Waals surface area contributed by atoms with Gasteiger partial charge in [0.05, 0.1) is 15.9 Å². The Hall–Kier alpha value is -1.82. The molecule has 0 saturated carbocycles. The van der Waals surface area contributed by atoms with Gasteiger partial charge in [0.2, 0.25) is 0 Å². The average Bonchev–Trinajstić information content (AvgIpc) is 2.70. The summed E-state index contributed by atoms with van der Waals surface area (Å²) in [5, 5.41) is 0. The number of benzene rings is 2. The van der Waals surface area contributed by atoms with Gasteiger partial charge in [0, 0.05) is 13.5 Å². The first-order valence-electron chi connectivity index (χ1n) is 9.70. The van der Waals surface area contributed by atoms with Gasteiger partial charge in [-0.1, -0.05) is 35.4 Å². The zero-order chi connectivity index (χ0) is 22.8. The molecule has 0 bridgehead atoms. The molecule has 0 radical (unpaired) electrons. The van der Waals surface area contributed by atoms with Crippen molar-refractivity contribution in [1.82, 2.24) is 0 Å². The molecule has 1 aliphatic heterocycles. The van der Waals surface area contributed by atoms with Gasteiger partial charge >= 0.3 is 0 Å². The van der Waals surface area contributed by atoms with E-state index < -0.39 is 44.8 Å². The van der Waals surface area contributed by atoms with Crippen molar-refractivity contribution < 1.29 is 34.7 Å². The van der Waals surface area contributed by atoms with E-state index in [-0.39, 0.29) is 16.2 Å². The topological polar surface area (TPSA) is 105 Å². The lowest BCUT2D eigenvalue weighted by Crippen LogP contribution is -2.51. The molecule has 0 spiro atoms.